The molecule has 104 valence electrons. The second-order valence-corrected chi connectivity index (χ2v) is 5.27. The minimum Gasteiger partial charge on any atom is -0.238 e. The lowest BCUT2D eigenvalue weighted by Gasteiger charge is -2.03. The van der Waals surface area contributed by atoms with E-state index in [-0.39, 0.29) is 0 Å². The van der Waals surface area contributed by atoms with E-state index in [1.54, 1.807) is 0 Å². The third-order valence-electron chi connectivity index (χ3n) is 3.45. The summed E-state index contributed by atoms with van der Waals surface area (Å²) in [6.45, 7) is 1.96. The fraction of sp³-hybridized carbons (Fsp3) is 0.267. The summed E-state index contributed by atoms with van der Waals surface area (Å²) >= 11 is 0. The van der Waals surface area contributed by atoms with E-state index in [0.29, 0.717) is 17.6 Å². The van der Waals surface area contributed by atoms with Gasteiger partial charge in [-0.25, -0.2) is 9.97 Å². The van der Waals surface area contributed by atoms with Crippen molar-refractivity contribution >= 4 is 0 Å². The molecule has 0 spiro atoms. The van der Waals surface area contributed by atoms with Crippen LogP contribution in [0.4, 0.5) is 0 Å². The molecular weight excluding hydrogens is 264 g/mol. The quantitative estimate of drug-likeness (QED) is 0.735. The molecule has 21 heavy (non-hydrogen) atoms. The highest BCUT2D eigenvalue weighted by atomic mass is 15.6. The first-order chi connectivity index (χ1) is 10.3. The molecule has 2 aromatic heterocycles. The van der Waals surface area contributed by atoms with Crippen LogP contribution in [0.5, 0.6) is 0 Å². The third kappa shape index (κ3) is 2.40. The Hall–Kier alpha value is -2.63. The second-order valence-electron chi connectivity index (χ2n) is 5.27. The van der Waals surface area contributed by atoms with Gasteiger partial charge in [0.05, 0.1) is 0 Å². The molecule has 1 fully saturated rings. The minimum absolute atomic E-state index is 0.501. The number of aryl methyl sites for hydroxylation is 1. The van der Waals surface area contributed by atoms with Crippen molar-refractivity contribution < 1.29 is 0 Å². The van der Waals surface area contributed by atoms with Gasteiger partial charge in [-0.3, -0.25) is 0 Å². The van der Waals surface area contributed by atoms with Gasteiger partial charge < -0.3 is 0 Å². The zero-order valence-electron chi connectivity index (χ0n) is 11.6. The normalized spacial score (nSPS) is 14.3. The van der Waals surface area contributed by atoms with E-state index in [1.807, 2.05) is 43.3 Å². The number of benzene rings is 1. The summed E-state index contributed by atoms with van der Waals surface area (Å²) in [5, 5.41) is 12.6. The van der Waals surface area contributed by atoms with Gasteiger partial charge in [-0.05, 0) is 25.0 Å². The average molecular weight is 278 g/mol. The number of hydrogen-bond acceptors (Lipinski definition) is 5. The van der Waals surface area contributed by atoms with E-state index in [9.17, 15) is 0 Å². The van der Waals surface area contributed by atoms with Crippen molar-refractivity contribution in [2.24, 2.45) is 0 Å². The van der Waals surface area contributed by atoms with Crippen LogP contribution in [0.25, 0.3) is 17.2 Å². The van der Waals surface area contributed by atoms with Crippen molar-refractivity contribution in [1.82, 2.24) is 30.2 Å². The van der Waals surface area contributed by atoms with Gasteiger partial charge in [-0.1, -0.05) is 30.3 Å². The van der Waals surface area contributed by atoms with Crippen LogP contribution in [0.15, 0.2) is 36.4 Å². The fourth-order valence-electron chi connectivity index (χ4n) is 2.22. The van der Waals surface area contributed by atoms with E-state index < -0.39 is 0 Å². The first kappa shape index (κ1) is 12.1. The van der Waals surface area contributed by atoms with E-state index in [1.165, 1.54) is 17.6 Å². The highest BCUT2D eigenvalue weighted by Gasteiger charge is 2.27. The summed E-state index contributed by atoms with van der Waals surface area (Å²) in [5.41, 5.74) is 1.87. The van der Waals surface area contributed by atoms with Crippen LogP contribution in [-0.2, 0) is 0 Å². The molecule has 0 amide bonds. The first-order valence-corrected chi connectivity index (χ1v) is 7.01. The van der Waals surface area contributed by atoms with Crippen LogP contribution >= 0.6 is 0 Å². The van der Waals surface area contributed by atoms with Gasteiger partial charge in [-0.2, -0.15) is 0 Å². The van der Waals surface area contributed by atoms with Crippen molar-refractivity contribution in [3.8, 4) is 17.2 Å². The van der Waals surface area contributed by atoms with Crippen LogP contribution in [0.3, 0.4) is 0 Å². The first-order valence-electron chi connectivity index (χ1n) is 7.01. The van der Waals surface area contributed by atoms with Gasteiger partial charge in [0.15, 0.2) is 5.82 Å². The summed E-state index contributed by atoms with van der Waals surface area (Å²) < 4.78 is 0. The Labute approximate surface area is 121 Å². The Bertz CT molecular complexity index is 776. The van der Waals surface area contributed by atoms with Crippen LogP contribution in [0, 0.1) is 6.92 Å². The van der Waals surface area contributed by atoms with Crippen molar-refractivity contribution in [1.29, 1.82) is 0 Å². The molecule has 4 rings (SSSR count). The summed E-state index contributed by atoms with van der Waals surface area (Å²) in [6, 6.07) is 11.7. The Morgan fingerprint density at radius 2 is 1.90 bits per heavy atom. The number of rotatable bonds is 3. The van der Waals surface area contributed by atoms with Crippen LogP contribution < -0.4 is 0 Å². The molecule has 1 saturated carbocycles. The van der Waals surface area contributed by atoms with Crippen molar-refractivity contribution in [3.63, 3.8) is 0 Å². The monoisotopic (exact) mass is 278 g/mol. The molecule has 2 heterocycles. The highest BCUT2D eigenvalue weighted by Crippen LogP contribution is 2.38. The number of nitrogens with zero attached hydrogens (tertiary/aromatic N) is 6. The maximum absolute atomic E-state index is 4.56. The van der Waals surface area contributed by atoms with Gasteiger partial charge in [0.25, 0.3) is 0 Å². The van der Waals surface area contributed by atoms with E-state index in [2.05, 4.69) is 25.4 Å². The average Bonchev–Trinajstić information content (AvgIpc) is 3.24. The zero-order valence-corrected chi connectivity index (χ0v) is 11.6. The lowest BCUT2D eigenvalue weighted by molar-refractivity contribution is 0.687. The van der Waals surface area contributed by atoms with Gasteiger partial charge >= 0.3 is 0 Å². The smallest absolute Gasteiger partial charge is 0.205 e. The van der Waals surface area contributed by atoms with Gasteiger partial charge in [0.2, 0.25) is 5.82 Å². The van der Waals surface area contributed by atoms with Gasteiger partial charge in [0, 0.05) is 23.2 Å². The maximum Gasteiger partial charge on any atom is 0.205 e. The summed E-state index contributed by atoms with van der Waals surface area (Å²) in [4.78, 5) is 10.5. The molecule has 6 nitrogen and oxygen atoms in total. The molecule has 0 bridgehead atoms. The molecule has 0 atom stereocenters. The van der Waals surface area contributed by atoms with Crippen molar-refractivity contribution in [3.05, 3.63) is 47.9 Å². The number of tetrazole rings is 1. The predicted octanol–water partition coefficient (Wildman–Crippen LogP) is 2.31. The molecule has 0 radical (unpaired) electrons. The molecule has 0 unspecified atom stereocenters. The zero-order chi connectivity index (χ0) is 14.2. The Kier molecular flexibility index (Phi) is 2.73. The van der Waals surface area contributed by atoms with Crippen LogP contribution in [-0.4, -0.2) is 30.2 Å². The molecule has 1 aliphatic rings. The Balaban J connectivity index is 1.72. The minimum atomic E-state index is 0.501. The molecule has 0 N–H and O–H groups in total. The van der Waals surface area contributed by atoms with Crippen molar-refractivity contribution in [2.75, 3.05) is 0 Å². The SMILES string of the molecule is Cc1cc(-n2nnc(-c3ccccc3)n2)nc(C2CC2)n1. The molecule has 0 aliphatic heterocycles. The summed E-state index contributed by atoms with van der Waals surface area (Å²) in [6.07, 6.45) is 2.34. The maximum atomic E-state index is 4.56. The number of hydrogen-bond donors (Lipinski definition) is 0. The van der Waals surface area contributed by atoms with Gasteiger partial charge in [0.1, 0.15) is 5.82 Å². The summed E-state index contributed by atoms with van der Waals surface area (Å²) in [7, 11) is 0. The van der Waals surface area contributed by atoms with Crippen LogP contribution in [0.2, 0.25) is 0 Å². The van der Waals surface area contributed by atoms with Gasteiger partial charge in [-0.15, -0.1) is 15.0 Å². The molecular formula is C15H14N6. The Morgan fingerprint density at radius 1 is 1.10 bits per heavy atom. The molecule has 1 aliphatic carbocycles. The number of aromatic nitrogens is 6. The lowest BCUT2D eigenvalue weighted by atomic mass is 10.2. The molecule has 0 saturated heterocycles. The summed E-state index contributed by atoms with van der Waals surface area (Å²) in [5.74, 6) is 2.67. The van der Waals surface area contributed by atoms with E-state index in [4.69, 9.17) is 0 Å². The fourth-order valence-corrected chi connectivity index (χ4v) is 2.22. The van der Waals surface area contributed by atoms with E-state index in [0.717, 1.165) is 17.1 Å². The predicted molar refractivity (Wildman–Crippen MR) is 76.9 cm³/mol. The largest absolute Gasteiger partial charge is 0.238 e. The third-order valence-corrected chi connectivity index (χ3v) is 3.45. The van der Waals surface area contributed by atoms with E-state index >= 15 is 0 Å². The lowest BCUT2D eigenvalue weighted by Crippen LogP contribution is -2.06. The molecule has 3 aromatic rings. The second kappa shape index (κ2) is 4.73. The van der Waals surface area contributed by atoms with Crippen LogP contribution in [0.1, 0.15) is 30.3 Å². The van der Waals surface area contributed by atoms with Crippen molar-refractivity contribution in [2.45, 2.75) is 25.7 Å². The molecule has 1 aromatic carbocycles. The Morgan fingerprint density at radius 3 is 2.67 bits per heavy atom. The molecule has 6 heteroatoms. The standard InChI is InChI=1S/C15H14N6/c1-10-9-13(17-14(16-10)12-7-8-12)21-19-15(18-20-21)11-5-3-2-4-6-11/h2-6,9,12H,7-8H2,1H3. The topological polar surface area (TPSA) is 69.4 Å². The highest BCUT2D eigenvalue weighted by molar-refractivity contribution is 5.53.